The molecule has 0 aliphatic rings. The van der Waals surface area contributed by atoms with Crippen LogP contribution in [0.25, 0.3) is 21.8 Å². The molecular weight excluding hydrogens is 412 g/mol. The van der Waals surface area contributed by atoms with Gasteiger partial charge in [0, 0.05) is 33.1 Å². The number of carbonyl (C=O) groups excluding carboxylic acids is 1. The van der Waals surface area contributed by atoms with Crippen LogP contribution in [0.5, 0.6) is 5.75 Å². The quantitative estimate of drug-likeness (QED) is 0.355. The Balaban J connectivity index is 1.23. The first kappa shape index (κ1) is 20.8. The van der Waals surface area contributed by atoms with E-state index in [9.17, 15) is 9.90 Å². The molecule has 0 saturated heterocycles. The Hall–Kier alpha value is -4.09. The van der Waals surface area contributed by atoms with Crippen LogP contribution in [0.1, 0.15) is 10.4 Å². The summed E-state index contributed by atoms with van der Waals surface area (Å²) in [5.74, 6) is 0.472. The molecule has 164 valence electrons. The third kappa shape index (κ3) is 4.45. The molecule has 0 radical (unpaired) electrons. The fraction of sp³-hybridized carbons (Fsp3) is 0.107. The zero-order chi connectivity index (χ0) is 22.6. The van der Waals surface area contributed by atoms with E-state index in [0.29, 0.717) is 23.5 Å². The third-order valence-electron chi connectivity index (χ3n) is 5.66. The molecule has 4 aromatic carbocycles. The van der Waals surface area contributed by atoms with Crippen molar-refractivity contribution in [1.82, 2.24) is 4.57 Å². The summed E-state index contributed by atoms with van der Waals surface area (Å²) in [6.07, 6.45) is -0.679. The van der Waals surface area contributed by atoms with Crippen LogP contribution in [0.3, 0.4) is 0 Å². The number of aliphatic hydroxyl groups is 1. The van der Waals surface area contributed by atoms with Crippen LogP contribution in [0.15, 0.2) is 103 Å². The van der Waals surface area contributed by atoms with Gasteiger partial charge in [-0.1, -0.05) is 54.6 Å². The Labute approximate surface area is 191 Å². The Kier molecular flexibility index (Phi) is 5.79. The van der Waals surface area contributed by atoms with E-state index in [1.165, 1.54) is 10.8 Å². The van der Waals surface area contributed by atoms with Gasteiger partial charge in [0.05, 0.1) is 6.54 Å². The van der Waals surface area contributed by atoms with Crippen LogP contribution in [0.4, 0.5) is 5.69 Å². The van der Waals surface area contributed by atoms with E-state index in [1.54, 1.807) is 36.4 Å². The van der Waals surface area contributed by atoms with Gasteiger partial charge in [-0.3, -0.25) is 4.79 Å². The number of rotatable bonds is 7. The number of amides is 1. The molecule has 1 atom stereocenters. The zero-order valence-electron chi connectivity index (χ0n) is 18.0. The molecule has 0 aliphatic heterocycles. The lowest BCUT2D eigenvalue weighted by Gasteiger charge is -2.15. The van der Waals surface area contributed by atoms with E-state index in [1.807, 2.05) is 42.5 Å². The molecule has 0 saturated carbocycles. The minimum atomic E-state index is -0.679. The maximum atomic E-state index is 12.3. The SMILES string of the molecule is O=C(Nc1ccc(OC[C@H](O)Cn2c3ccccc3c3ccccc32)cc1)c1ccccc1. The molecule has 0 bridgehead atoms. The Morgan fingerprint density at radius 3 is 2.00 bits per heavy atom. The van der Waals surface area contributed by atoms with Crippen LogP contribution in [-0.2, 0) is 6.54 Å². The minimum Gasteiger partial charge on any atom is -0.491 e. The summed E-state index contributed by atoms with van der Waals surface area (Å²) in [6, 6.07) is 32.7. The molecule has 5 aromatic rings. The van der Waals surface area contributed by atoms with Gasteiger partial charge < -0.3 is 19.7 Å². The summed E-state index contributed by atoms with van der Waals surface area (Å²) in [5, 5.41) is 15.9. The Morgan fingerprint density at radius 1 is 0.788 bits per heavy atom. The number of nitrogens with zero attached hydrogens (tertiary/aromatic N) is 1. The standard InChI is InChI=1S/C28H24N2O3/c31-22(18-30-26-12-6-4-10-24(26)25-11-5-7-13-27(25)30)19-33-23-16-14-21(15-17-23)29-28(32)20-8-2-1-3-9-20/h1-17,22,31H,18-19H2,(H,29,32)/t22-/m1/s1. The molecule has 0 unspecified atom stereocenters. The highest BCUT2D eigenvalue weighted by Crippen LogP contribution is 2.29. The van der Waals surface area contributed by atoms with Crippen molar-refractivity contribution in [2.75, 3.05) is 11.9 Å². The molecule has 5 rings (SSSR count). The van der Waals surface area contributed by atoms with E-state index in [0.717, 1.165) is 11.0 Å². The Bertz CT molecular complexity index is 1340. The molecule has 1 heterocycles. The number of hydrogen-bond acceptors (Lipinski definition) is 3. The maximum absolute atomic E-state index is 12.3. The average Bonchev–Trinajstić information content (AvgIpc) is 3.18. The topological polar surface area (TPSA) is 63.5 Å². The zero-order valence-corrected chi connectivity index (χ0v) is 18.0. The van der Waals surface area contributed by atoms with Crippen molar-refractivity contribution in [3.8, 4) is 5.75 Å². The van der Waals surface area contributed by atoms with E-state index >= 15 is 0 Å². The normalized spacial score (nSPS) is 12.0. The van der Waals surface area contributed by atoms with Crippen LogP contribution in [0, 0.1) is 0 Å². The molecule has 0 spiro atoms. The second-order valence-corrected chi connectivity index (χ2v) is 7.95. The van der Waals surface area contributed by atoms with Crippen molar-refractivity contribution in [2.45, 2.75) is 12.6 Å². The van der Waals surface area contributed by atoms with Crippen molar-refractivity contribution in [1.29, 1.82) is 0 Å². The van der Waals surface area contributed by atoms with Gasteiger partial charge in [0.25, 0.3) is 5.91 Å². The first-order valence-corrected chi connectivity index (χ1v) is 10.9. The molecule has 0 aliphatic carbocycles. The lowest BCUT2D eigenvalue weighted by atomic mass is 10.2. The molecule has 2 N–H and O–H groups in total. The number of aromatic nitrogens is 1. The molecule has 1 aromatic heterocycles. The minimum absolute atomic E-state index is 0.161. The summed E-state index contributed by atoms with van der Waals surface area (Å²) < 4.78 is 7.95. The van der Waals surface area contributed by atoms with Crippen LogP contribution >= 0.6 is 0 Å². The van der Waals surface area contributed by atoms with Crippen LogP contribution < -0.4 is 10.1 Å². The van der Waals surface area contributed by atoms with Gasteiger partial charge in [0.1, 0.15) is 18.5 Å². The number of ether oxygens (including phenoxy) is 1. The average molecular weight is 437 g/mol. The second kappa shape index (κ2) is 9.18. The Morgan fingerprint density at radius 2 is 1.36 bits per heavy atom. The fourth-order valence-electron chi connectivity index (χ4n) is 4.08. The molecule has 5 heteroatoms. The van der Waals surface area contributed by atoms with E-state index in [-0.39, 0.29) is 12.5 Å². The predicted molar refractivity (Wildman–Crippen MR) is 132 cm³/mol. The predicted octanol–water partition coefficient (Wildman–Crippen LogP) is 5.49. The summed E-state index contributed by atoms with van der Waals surface area (Å²) in [6.45, 7) is 0.593. The van der Waals surface area contributed by atoms with Crippen molar-refractivity contribution in [3.63, 3.8) is 0 Å². The number of benzene rings is 4. The van der Waals surface area contributed by atoms with E-state index in [4.69, 9.17) is 4.74 Å². The lowest BCUT2D eigenvalue weighted by molar-refractivity contribution is 0.0945. The first-order valence-electron chi connectivity index (χ1n) is 10.9. The number of anilines is 1. The third-order valence-corrected chi connectivity index (χ3v) is 5.66. The fourth-order valence-corrected chi connectivity index (χ4v) is 4.08. The molecule has 33 heavy (non-hydrogen) atoms. The number of nitrogens with one attached hydrogen (secondary N) is 1. The smallest absolute Gasteiger partial charge is 0.255 e. The number of para-hydroxylation sites is 2. The summed E-state index contributed by atoms with van der Waals surface area (Å²) in [5.41, 5.74) is 3.47. The summed E-state index contributed by atoms with van der Waals surface area (Å²) in [7, 11) is 0. The largest absolute Gasteiger partial charge is 0.491 e. The molecular formula is C28H24N2O3. The highest BCUT2D eigenvalue weighted by atomic mass is 16.5. The second-order valence-electron chi connectivity index (χ2n) is 7.95. The van der Waals surface area contributed by atoms with Gasteiger partial charge in [-0.15, -0.1) is 0 Å². The number of hydrogen-bond donors (Lipinski definition) is 2. The highest BCUT2D eigenvalue weighted by molar-refractivity contribution is 6.08. The summed E-state index contributed by atoms with van der Waals surface area (Å²) in [4.78, 5) is 12.3. The molecule has 5 nitrogen and oxygen atoms in total. The first-order chi connectivity index (χ1) is 16.2. The molecule has 1 amide bonds. The molecule has 0 fully saturated rings. The number of fused-ring (bicyclic) bond motifs is 3. The van der Waals surface area contributed by atoms with Crippen LogP contribution in [0.2, 0.25) is 0 Å². The lowest BCUT2D eigenvalue weighted by Crippen LogP contribution is -2.23. The van der Waals surface area contributed by atoms with Gasteiger partial charge in [-0.05, 0) is 48.5 Å². The van der Waals surface area contributed by atoms with E-state index < -0.39 is 6.10 Å². The van der Waals surface area contributed by atoms with E-state index in [2.05, 4.69) is 34.1 Å². The van der Waals surface area contributed by atoms with Gasteiger partial charge in [0.2, 0.25) is 0 Å². The van der Waals surface area contributed by atoms with Crippen molar-refractivity contribution in [3.05, 3.63) is 109 Å². The summed E-state index contributed by atoms with van der Waals surface area (Å²) >= 11 is 0. The number of aliphatic hydroxyl groups excluding tert-OH is 1. The van der Waals surface area contributed by atoms with Crippen molar-refractivity contribution in [2.24, 2.45) is 0 Å². The monoisotopic (exact) mass is 436 g/mol. The van der Waals surface area contributed by atoms with Gasteiger partial charge in [-0.2, -0.15) is 0 Å². The van der Waals surface area contributed by atoms with Gasteiger partial charge in [0.15, 0.2) is 0 Å². The van der Waals surface area contributed by atoms with Crippen LogP contribution in [-0.4, -0.2) is 28.3 Å². The maximum Gasteiger partial charge on any atom is 0.255 e. The van der Waals surface area contributed by atoms with Gasteiger partial charge >= 0.3 is 0 Å². The highest BCUT2D eigenvalue weighted by Gasteiger charge is 2.14. The van der Waals surface area contributed by atoms with Crippen molar-refractivity contribution >= 4 is 33.4 Å². The van der Waals surface area contributed by atoms with Gasteiger partial charge in [-0.25, -0.2) is 0 Å². The van der Waals surface area contributed by atoms with Crippen molar-refractivity contribution < 1.29 is 14.6 Å². The number of carbonyl (C=O) groups is 1.